The summed E-state index contributed by atoms with van der Waals surface area (Å²) in [7, 11) is 1.61. The summed E-state index contributed by atoms with van der Waals surface area (Å²) in [5, 5.41) is 3.60. The Labute approximate surface area is 158 Å². The number of methoxy groups -OCH3 is 1. The lowest BCUT2D eigenvalue weighted by molar-refractivity contribution is -0.124. The Morgan fingerprint density at radius 3 is 2.81 bits per heavy atom. The fourth-order valence-electron chi connectivity index (χ4n) is 3.03. The summed E-state index contributed by atoms with van der Waals surface area (Å²) in [6.07, 6.45) is 0.662. The molecule has 0 aromatic heterocycles. The molecule has 0 fully saturated rings. The predicted molar refractivity (Wildman–Crippen MR) is 100 cm³/mol. The predicted octanol–water partition coefficient (Wildman–Crippen LogP) is 4.15. The number of amides is 1. The van der Waals surface area contributed by atoms with Crippen LogP contribution in [-0.2, 0) is 4.79 Å². The molecule has 26 heavy (non-hydrogen) atoms. The zero-order chi connectivity index (χ0) is 18.7. The van der Waals surface area contributed by atoms with Crippen LogP contribution in [0.3, 0.4) is 0 Å². The van der Waals surface area contributed by atoms with Crippen molar-refractivity contribution in [3.05, 3.63) is 53.1 Å². The molecular weight excluding hydrogens is 354 g/mol. The maximum Gasteiger partial charge on any atom is 0.258 e. The number of benzene rings is 2. The van der Waals surface area contributed by atoms with Gasteiger partial charge in [0.1, 0.15) is 22.8 Å². The van der Waals surface area contributed by atoms with E-state index in [1.165, 1.54) is 0 Å². The maximum absolute atomic E-state index is 12.4. The molecule has 0 unspecified atom stereocenters. The van der Waals surface area contributed by atoms with E-state index in [1.807, 2.05) is 32.0 Å². The van der Waals surface area contributed by atoms with Gasteiger partial charge in [-0.05, 0) is 44.2 Å². The molecule has 1 amide bonds. The van der Waals surface area contributed by atoms with Crippen molar-refractivity contribution in [2.24, 2.45) is 0 Å². The lowest BCUT2D eigenvalue weighted by Gasteiger charge is -2.38. The summed E-state index contributed by atoms with van der Waals surface area (Å²) < 4.78 is 16.8. The molecule has 0 aliphatic carbocycles. The van der Waals surface area contributed by atoms with Crippen LogP contribution in [0.1, 0.15) is 31.9 Å². The molecule has 5 nitrogen and oxygen atoms in total. The molecule has 0 radical (unpaired) electrons. The smallest absolute Gasteiger partial charge is 0.258 e. The largest absolute Gasteiger partial charge is 0.497 e. The molecule has 2 aromatic carbocycles. The van der Waals surface area contributed by atoms with E-state index in [-0.39, 0.29) is 18.6 Å². The molecule has 2 aromatic rings. The Hall–Kier alpha value is -2.40. The second kappa shape index (κ2) is 7.46. The standard InChI is InChI=1S/C20H22ClNO4/c1-20(2)11-17(16-8-7-14(24-3)10-18(16)26-20)22-19(23)12-25-15-6-4-5-13(21)9-15/h4-10,17H,11-12H2,1-3H3,(H,22,23)/t17-/m0/s1. The summed E-state index contributed by atoms with van der Waals surface area (Å²) in [5.74, 6) is 1.80. The lowest BCUT2D eigenvalue weighted by atomic mass is 9.89. The van der Waals surface area contributed by atoms with Crippen molar-refractivity contribution < 1.29 is 19.0 Å². The summed E-state index contributed by atoms with van der Waals surface area (Å²) in [6.45, 7) is 3.91. The molecule has 1 heterocycles. The fourth-order valence-corrected chi connectivity index (χ4v) is 3.21. The van der Waals surface area contributed by atoms with Gasteiger partial charge in [0.2, 0.25) is 0 Å². The molecule has 138 valence electrons. The van der Waals surface area contributed by atoms with Gasteiger partial charge in [0.05, 0.1) is 13.2 Å². The highest BCUT2D eigenvalue weighted by Gasteiger charge is 2.34. The molecule has 0 saturated heterocycles. The number of ether oxygens (including phenoxy) is 3. The van der Waals surface area contributed by atoms with Crippen molar-refractivity contribution in [3.8, 4) is 17.2 Å². The van der Waals surface area contributed by atoms with Gasteiger partial charge in [-0.15, -0.1) is 0 Å². The van der Waals surface area contributed by atoms with E-state index in [0.29, 0.717) is 17.2 Å². The first-order valence-corrected chi connectivity index (χ1v) is 8.79. The first-order chi connectivity index (χ1) is 12.4. The van der Waals surface area contributed by atoms with E-state index >= 15 is 0 Å². The van der Waals surface area contributed by atoms with E-state index < -0.39 is 5.60 Å². The van der Waals surface area contributed by atoms with Crippen molar-refractivity contribution in [1.29, 1.82) is 0 Å². The Kier molecular flexibility index (Phi) is 5.28. The third-order valence-corrected chi connectivity index (χ3v) is 4.41. The van der Waals surface area contributed by atoms with Crippen LogP contribution in [0.15, 0.2) is 42.5 Å². The fraction of sp³-hybridized carbons (Fsp3) is 0.350. The van der Waals surface area contributed by atoms with Crippen molar-refractivity contribution in [1.82, 2.24) is 5.32 Å². The van der Waals surface area contributed by atoms with Gasteiger partial charge in [-0.2, -0.15) is 0 Å². The molecular formula is C20H22ClNO4. The minimum absolute atomic E-state index is 0.0797. The van der Waals surface area contributed by atoms with Crippen LogP contribution in [0.25, 0.3) is 0 Å². The normalized spacial score (nSPS) is 17.6. The van der Waals surface area contributed by atoms with Gasteiger partial charge in [-0.3, -0.25) is 4.79 Å². The number of carbonyl (C=O) groups is 1. The van der Waals surface area contributed by atoms with Crippen LogP contribution >= 0.6 is 11.6 Å². The van der Waals surface area contributed by atoms with E-state index in [0.717, 1.165) is 17.1 Å². The van der Waals surface area contributed by atoms with Crippen molar-refractivity contribution in [2.45, 2.75) is 31.9 Å². The van der Waals surface area contributed by atoms with Crippen LogP contribution in [0.2, 0.25) is 5.02 Å². The number of halogens is 1. The van der Waals surface area contributed by atoms with Crippen molar-refractivity contribution in [3.63, 3.8) is 0 Å². The SMILES string of the molecule is COc1ccc2c(c1)OC(C)(C)C[C@@H]2NC(=O)COc1cccc(Cl)c1. The third kappa shape index (κ3) is 4.41. The van der Waals surface area contributed by atoms with Crippen LogP contribution in [0.4, 0.5) is 0 Å². The maximum atomic E-state index is 12.4. The molecule has 6 heteroatoms. The average Bonchev–Trinajstić information content (AvgIpc) is 2.58. The molecule has 0 spiro atoms. The van der Waals surface area contributed by atoms with Gasteiger partial charge in [0.15, 0.2) is 6.61 Å². The second-order valence-corrected chi connectivity index (χ2v) is 7.27. The highest BCUT2D eigenvalue weighted by molar-refractivity contribution is 6.30. The first kappa shape index (κ1) is 18.4. The summed E-state index contributed by atoms with van der Waals surface area (Å²) in [5.41, 5.74) is 0.534. The Morgan fingerprint density at radius 2 is 2.08 bits per heavy atom. The Balaban J connectivity index is 1.69. The minimum Gasteiger partial charge on any atom is -0.497 e. The van der Waals surface area contributed by atoms with Gasteiger partial charge < -0.3 is 19.5 Å². The zero-order valence-corrected chi connectivity index (χ0v) is 15.8. The molecule has 1 N–H and O–H groups in total. The molecule has 0 saturated carbocycles. The Morgan fingerprint density at radius 1 is 1.27 bits per heavy atom. The third-order valence-electron chi connectivity index (χ3n) is 4.18. The topological polar surface area (TPSA) is 56.8 Å². The molecule has 1 atom stereocenters. The van der Waals surface area contributed by atoms with Crippen molar-refractivity contribution >= 4 is 17.5 Å². The lowest BCUT2D eigenvalue weighted by Crippen LogP contribution is -2.42. The summed E-state index contributed by atoms with van der Waals surface area (Å²) in [6, 6.07) is 12.4. The van der Waals surface area contributed by atoms with Gasteiger partial charge in [-0.25, -0.2) is 0 Å². The van der Waals surface area contributed by atoms with Gasteiger partial charge >= 0.3 is 0 Å². The van der Waals surface area contributed by atoms with Crippen LogP contribution in [0, 0.1) is 0 Å². The highest BCUT2D eigenvalue weighted by atomic mass is 35.5. The van der Waals surface area contributed by atoms with E-state index in [1.54, 1.807) is 31.4 Å². The molecule has 1 aliphatic rings. The van der Waals surface area contributed by atoms with Gasteiger partial charge in [0, 0.05) is 23.1 Å². The quantitative estimate of drug-likeness (QED) is 0.853. The highest BCUT2D eigenvalue weighted by Crippen LogP contribution is 2.41. The number of hydrogen-bond acceptors (Lipinski definition) is 4. The van der Waals surface area contributed by atoms with E-state index in [9.17, 15) is 4.79 Å². The van der Waals surface area contributed by atoms with Crippen molar-refractivity contribution in [2.75, 3.05) is 13.7 Å². The molecule has 3 rings (SSSR count). The van der Waals surface area contributed by atoms with Crippen LogP contribution in [0.5, 0.6) is 17.2 Å². The zero-order valence-electron chi connectivity index (χ0n) is 15.0. The summed E-state index contributed by atoms with van der Waals surface area (Å²) in [4.78, 5) is 12.4. The number of rotatable bonds is 5. The number of fused-ring (bicyclic) bond motifs is 1. The first-order valence-electron chi connectivity index (χ1n) is 8.41. The summed E-state index contributed by atoms with van der Waals surface area (Å²) >= 11 is 5.92. The number of hydrogen-bond donors (Lipinski definition) is 1. The van der Waals surface area contributed by atoms with Gasteiger partial charge in [-0.1, -0.05) is 17.7 Å². The second-order valence-electron chi connectivity index (χ2n) is 6.84. The molecule has 1 aliphatic heterocycles. The monoisotopic (exact) mass is 375 g/mol. The van der Waals surface area contributed by atoms with Crippen LogP contribution in [-0.4, -0.2) is 25.2 Å². The Bertz CT molecular complexity index is 806. The van der Waals surface area contributed by atoms with Gasteiger partial charge in [0.25, 0.3) is 5.91 Å². The average molecular weight is 376 g/mol. The minimum atomic E-state index is -0.398. The van der Waals surface area contributed by atoms with E-state index in [4.69, 9.17) is 25.8 Å². The number of nitrogens with one attached hydrogen (secondary N) is 1. The van der Waals surface area contributed by atoms with Crippen LogP contribution < -0.4 is 19.5 Å². The van der Waals surface area contributed by atoms with E-state index in [2.05, 4.69) is 5.32 Å². The molecule has 0 bridgehead atoms. The number of carbonyl (C=O) groups excluding carboxylic acids is 1.